The van der Waals surface area contributed by atoms with Crippen LogP contribution in [0.5, 0.6) is 5.88 Å². The van der Waals surface area contributed by atoms with Crippen molar-refractivity contribution in [1.29, 1.82) is 0 Å². The second kappa shape index (κ2) is 10.7. The lowest BCUT2D eigenvalue weighted by atomic mass is 10.0. The van der Waals surface area contributed by atoms with Gasteiger partial charge in [-0.05, 0) is 51.1 Å². The quantitative estimate of drug-likeness (QED) is 0.453. The molecule has 206 valence electrons. The number of hydrogen-bond donors (Lipinski definition) is 2. The van der Waals surface area contributed by atoms with Crippen molar-refractivity contribution in [3.05, 3.63) is 74.8 Å². The van der Waals surface area contributed by atoms with Crippen molar-refractivity contribution in [2.45, 2.75) is 39.4 Å². The van der Waals surface area contributed by atoms with Gasteiger partial charge in [0.05, 0.1) is 29.1 Å². The summed E-state index contributed by atoms with van der Waals surface area (Å²) in [6, 6.07) is 7.49. The first-order chi connectivity index (χ1) is 18.3. The molecule has 0 aliphatic carbocycles. The average molecular weight is 563 g/mol. The van der Waals surface area contributed by atoms with Crippen molar-refractivity contribution in [3.8, 4) is 11.6 Å². The summed E-state index contributed by atoms with van der Waals surface area (Å²) in [6.45, 7) is 3.13. The average Bonchev–Trinajstić information content (AvgIpc) is 3.24. The smallest absolute Gasteiger partial charge is 0.280 e. The summed E-state index contributed by atoms with van der Waals surface area (Å²) >= 11 is 6.26. The zero-order chi connectivity index (χ0) is 28.6. The van der Waals surface area contributed by atoms with E-state index in [1.165, 1.54) is 59.4 Å². The Morgan fingerprint density at radius 3 is 2.44 bits per heavy atom. The fourth-order valence-electron chi connectivity index (χ4n) is 4.13. The number of nitrogens with zero attached hydrogens (tertiary/aromatic N) is 4. The first kappa shape index (κ1) is 28.1. The number of benzene rings is 2. The normalized spacial score (nSPS) is 13.0. The van der Waals surface area contributed by atoms with Gasteiger partial charge in [0.15, 0.2) is 5.02 Å². The van der Waals surface area contributed by atoms with Crippen molar-refractivity contribution < 1.29 is 33.3 Å². The number of ether oxygens (including phenoxy) is 1. The van der Waals surface area contributed by atoms with E-state index >= 15 is 0 Å². The van der Waals surface area contributed by atoms with Crippen LogP contribution in [0.1, 0.15) is 31.7 Å². The molecule has 3 aromatic rings. The van der Waals surface area contributed by atoms with Crippen LogP contribution >= 0.6 is 11.6 Å². The maximum atomic E-state index is 14.0. The van der Waals surface area contributed by atoms with Gasteiger partial charge in [-0.2, -0.15) is 4.98 Å². The van der Waals surface area contributed by atoms with Gasteiger partial charge >= 0.3 is 0 Å². The summed E-state index contributed by atoms with van der Waals surface area (Å²) in [5.41, 5.74) is -1.13. The third-order valence-electron chi connectivity index (χ3n) is 5.95. The summed E-state index contributed by atoms with van der Waals surface area (Å²) in [5.74, 6) is -2.79. The monoisotopic (exact) mass is 562 g/mol. The highest BCUT2D eigenvalue weighted by molar-refractivity contribution is 6.31. The van der Waals surface area contributed by atoms with Gasteiger partial charge in [-0.15, -0.1) is 0 Å². The van der Waals surface area contributed by atoms with Gasteiger partial charge in [-0.25, -0.2) is 8.78 Å². The minimum atomic E-state index is -1.32. The van der Waals surface area contributed by atoms with E-state index in [1.54, 1.807) is 0 Å². The maximum Gasteiger partial charge on any atom is 0.280 e. The van der Waals surface area contributed by atoms with Gasteiger partial charge in [-0.1, -0.05) is 11.6 Å². The molecule has 0 radical (unpaired) electrons. The van der Waals surface area contributed by atoms with Crippen molar-refractivity contribution in [2.75, 3.05) is 23.1 Å². The van der Waals surface area contributed by atoms with E-state index in [4.69, 9.17) is 16.3 Å². The molecule has 2 aromatic carbocycles. The molecular formula is C26H25ClF2N4O6. The summed E-state index contributed by atoms with van der Waals surface area (Å²) in [6.07, 6.45) is -0.245. The van der Waals surface area contributed by atoms with Crippen molar-refractivity contribution in [3.63, 3.8) is 0 Å². The predicted octanol–water partition coefficient (Wildman–Crippen LogP) is 2.84. The summed E-state index contributed by atoms with van der Waals surface area (Å²) in [7, 11) is 0. The number of fused-ring (bicyclic) bond motifs is 1. The molecule has 0 unspecified atom stereocenters. The Labute approximate surface area is 226 Å². The maximum absolute atomic E-state index is 14.0. The van der Waals surface area contributed by atoms with Crippen molar-refractivity contribution in [1.82, 2.24) is 9.55 Å². The van der Waals surface area contributed by atoms with Gasteiger partial charge in [0, 0.05) is 11.6 Å². The number of halogens is 3. The molecule has 0 saturated heterocycles. The molecule has 4 rings (SSSR count). The third kappa shape index (κ3) is 5.77. The number of carbonyl (C=O) groups excluding carboxylic acids is 2. The summed E-state index contributed by atoms with van der Waals surface area (Å²) in [5, 5.41) is 19.1. The van der Waals surface area contributed by atoms with Gasteiger partial charge < -0.3 is 14.9 Å². The number of aryl methyl sites for hydroxylation is 1. The number of aliphatic hydroxyl groups excluding tert-OH is 1. The third-order valence-corrected chi connectivity index (χ3v) is 6.27. The Balaban J connectivity index is 1.71. The molecule has 10 nitrogen and oxygen atoms in total. The van der Waals surface area contributed by atoms with E-state index in [0.29, 0.717) is 11.8 Å². The molecule has 2 heterocycles. The zero-order valence-corrected chi connectivity index (χ0v) is 22.0. The molecule has 0 saturated carbocycles. The molecule has 1 aromatic heterocycles. The molecule has 2 N–H and O–H groups in total. The molecule has 0 spiro atoms. The van der Waals surface area contributed by atoms with Crippen LogP contribution in [0.3, 0.4) is 0 Å². The Hall–Kier alpha value is -3.87. The van der Waals surface area contributed by atoms with E-state index in [9.17, 15) is 33.4 Å². The number of carbonyl (C=O) groups is 2. The van der Waals surface area contributed by atoms with Gasteiger partial charge in [0.1, 0.15) is 37.3 Å². The highest BCUT2D eigenvalue weighted by Crippen LogP contribution is 2.38. The Morgan fingerprint density at radius 2 is 1.79 bits per heavy atom. The number of anilines is 2. The van der Waals surface area contributed by atoms with E-state index in [1.807, 2.05) is 0 Å². The minimum Gasteiger partial charge on any atom is -0.471 e. The van der Waals surface area contributed by atoms with Crippen LogP contribution in [-0.2, 0) is 16.2 Å². The van der Waals surface area contributed by atoms with Gasteiger partial charge in [-0.3, -0.25) is 28.8 Å². The van der Waals surface area contributed by atoms with Gasteiger partial charge in [0.25, 0.3) is 11.5 Å². The number of aliphatic hydroxyl groups is 2. The van der Waals surface area contributed by atoms with Crippen molar-refractivity contribution in [2.24, 2.45) is 0 Å². The molecule has 1 aliphatic rings. The van der Waals surface area contributed by atoms with E-state index < -0.39 is 46.2 Å². The summed E-state index contributed by atoms with van der Waals surface area (Å²) in [4.78, 5) is 45.3. The van der Waals surface area contributed by atoms with Crippen LogP contribution in [0, 0.1) is 18.6 Å². The van der Waals surface area contributed by atoms with E-state index in [-0.39, 0.29) is 48.3 Å². The lowest BCUT2D eigenvalue weighted by Gasteiger charge is -2.23. The topological polar surface area (TPSA) is 125 Å². The van der Waals surface area contributed by atoms with Crippen molar-refractivity contribution >= 4 is 34.8 Å². The zero-order valence-electron chi connectivity index (χ0n) is 21.2. The highest BCUT2D eigenvalue weighted by Gasteiger charge is 2.35. The van der Waals surface area contributed by atoms with Crippen LogP contribution in [-0.4, -0.2) is 50.5 Å². The predicted molar refractivity (Wildman–Crippen MR) is 138 cm³/mol. The second-order valence-electron chi connectivity index (χ2n) is 9.55. The molecule has 1 aliphatic heterocycles. The first-order valence-electron chi connectivity index (χ1n) is 11.7. The Morgan fingerprint density at radius 1 is 1.10 bits per heavy atom. The Kier molecular flexibility index (Phi) is 7.73. The number of amides is 2. The molecule has 2 amide bonds. The lowest BCUT2D eigenvalue weighted by molar-refractivity contribution is -0.122. The molecule has 0 atom stereocenters. The molecular weight excluding hydrogens is 538 g/mol. The molecule has 13 heteroatoms. The minimum absolute atomic E-state index is 0.0347. The molecule has 0 fully saturated rings. The van der Waals surface area contributed by atoms with E-state index in [2.05, 4.69) is 4.98 Å². The first-order valence-corrected chi connectivity index (χ1v) is 12.1. The standard InChI is InChI=1S/C26H25ClF2N4O6/c1-14-30-24(39-12-15-4-5-16(28)8-18(15)29)23(27)25(37)33(14)17-6-7-19-20(9-17)32(13-31(19)22(36)11-34)21(35)10-26(2,3)38/h4-9,34,38H,10-13H2,1-3H3. The van der Waals surface area contributed by atoms with Crippen LogP contribution in [0.4, 0.5) is 20.2 Å². The SMILES string of the molecule is Cc1nc(OCc2ccc(F)cc2F)c(Cl)c(=O)n1-c1ccc2c(c1)N(C(=O)CC(C)(C)O)CN2C(=O)CO. The number of aromatic nitrogens is 2. The fourth-order valence-corrected chi connectivity index (χ4v) is 4.31. The number of rotatable bonds is 7. The van der Waals surface area contributed by atoms with Crippen LogP contribution < -0.4 is 20.1 Å². The lowest BCUT2D eigenvalue weighted by Crippen LogP contribution is -2.41. The van der Waals surface area contributed by atoms with Crippen LogP contribution in [0.2, 0.25) is 5.02 Å². The molecule has 39 heavy (non-hydrogen) atoms. The van der Waals surface area contributed by atoms with Crippen LogP contribution in [0.25, 0.3) is 5.69 Å². The van der Waals surface area contributed by atoms with Crippen LogP contribution in [0.15, 0.2) is 41.2 Å². The van der Waals surface area contributed by atoms with E-state index in [0.717, 1.165) is 6.07 Å². The Bertz CT molecular complexity index is 1520. The second-order valence-corrected chi connectivity index (χ2v) is 9.93. The van der Waals surface area contributed by atoms with Gasteiger partial charge in [0.2, 0.25) is 11.8 Å². The highest BCUT2D eigenvalue weighted by atomic mass is 35.5. The fraction of sp³-hybridized carbons (Fsp3) is 0.308. The summed E-state index contributed by atoms with van der Waals surface area (Å²) < 4.78 is 33.8. The number of hydrogen-bond acceptors (Lipinski definition) is 7. The largest absolute Gasteiger partial charge is 0.471 e. The molecule has 0 bridgehead atoms.